The standard InChI is InChI=1S/C22H21F2N3O4/c23-13-8-14-19(18(24)17(13)11-2-4-12(5-3-11)27-6-1-7-27)26-22(25-14)31-16-10-30-20-15(28)9-29-21(16)20/h2-5,8,15-16,20-21,28H,1,6-7,9-10H2,(H,25,26)/t15-,16-,20-,21-/m1/s1. The van der Waals surface area contributed by atoms with E-state index >= 15 is 4.39 Å². The highest BCUT2D eigenvalue weighted by Gasteiger charge is 2.48. The van der Waals surface area contributed by atoms with E-state index in [1.54, 1.807) is 12.1 Å². The number of ether oxygens (including phenoxy) is 3. The van der Waals surface area contributed by atoms with Gasteiger partial charge in [-0.1, -0.05) is 12.1 Å². The van der Waals surface area contributed by atoms with Gasteiger partial charge in [-0.25, -0.2) is 8.78 Å². The van der Waals surface area contributed by atoms with E-state index < -0.39 is 36.1 Å². The predicted octanol–water partition coefficient (Wildman–Crippen LogP) is 2.62. The number of benzene rings is 2. The number of rotatable bonds is 4. The van der Waals surface area contributed by atoms with Crippen LogP contribution in [0, 0.1) is 11.6 Å². The van der Waals surface area contributed by atoms with Crippen molar-refractivity contribution in [3.8, 4) is 17.1 Å². The lowest BCUT2D eigenvalue weighted by Gasteiger charge is -2.33. The molecule has 0 radical (unpaired) electrons. The summed E-state index contributed by atoms with van der Waals surface area (Å²) in [6.07, 6.45) is -0.911. The van der Waals surface area contributed by atoms with Crippen LogP contribution in [0.5, 0.6) is 6.01 Å². The molecule has 3 fully saturated rings. The minimum absolute atomic E-state index is 0.000981. The van der Waals surface area contributed by atoms with Gasteiger partial charge in [0.25, 0.3) is 6.01 Å². The number of nitrogens with one attached hydrogen (secondary N) is 1. The van der Waals surface area contributed by atoms with Crippen LogP contribution in [0.2, 0.25) is 0 Å². The van der Waals surface area contributed by atoms with Crippen LogP contribution in [-0.4, -0.2) is 65.8 Å². The molecule has 2 aromatic carbocycles. The first kappa shape index (κ1) is 19.0. The van der Waals surface area contributed by atoms with E-state index in [2.05, 4.69) is 14.9 Å². The number of nitrogens with zero attached hydrogens (tertiary/aromatic N) is 2. The van der Waals surface area contributed by atoms with Gasteiger partial charge in [-0.3, -0.25) is 0 Å². The van der Waals surface area contributed by atoms with Crippen LogP contribution >= 0.6 is 0 Å². The topological polar surface area (TPSA) is 79.8 Å². The van der Waals surface area contributed by atoms with Crippen LogP contribution in [0.1, 0.15) is 6.42 Å². The van der Waals surface area contributed by atoms with Gasteiger partial charge in [0.15, 0.2) is 11.9 Å². The quantitative estimate of drug-likeness (QED) is 0.664. The molecule has 0 bridgehead atoms. The summed E-state index contributed by atoms with van der Waals surface area (Å²) in [5.41, 5.74) is 1.58. The molecule has 0 amide bonds. The van der Waals surface area contributed by atoms with E-state index in [0.717, 1.165) is 25.2 Å². The van der Waals surface area contributed by atoms with E-state index in [0.29, 0.717) is 5.56 Å². The number of hydrogen-bond donors (Lipinski definition) is 2. The van der Waals surface area contributed by atoms with E-state index in [1.165, 1.54) is 6.07 Å². The molecular formula is C22H21F2N3O4. The third kappa shape index (κ3) is 3.07. The number of aliphatic hydroxyl groups is 1. The molecule has 7 nitrogen and oxygen atoms in total. The summed E-state index contributed by atoms with van der Waals surface area (Å²) in [5, 5.41) is 9.85. The van der Waals surface area contributed by atoms with Gasteiger partial charge < -0.3 is 29.2 Å². The third-order valence-corrected chi connectivity index (χ3v) is 6.27. The van der Waals surface area contributed by atoms with Gasteiger partial charge in [-0.05, 0) is 24.1 Å². The Bertz CT molecular complexity index is 1130. The van der Waals surface area contributed by atoms with Crippen molar-refractivity contribution in [2.45, 2.75) is 30.8 Å². The fourth-order valence-corrected chi connectivity index (χ4v) is 4.48. The van der Waals surface area contributed by atoms with Crippen molar-refractivity contribution in [1.82, 2.24) is 9.97 Å². The smallest absolute Gasteiger partial charge is 0.295 e. The van der Waals surface area contributed by atoms with Gasteiger partial charge in [0, 0.05) is 24.8 Å². The molecule has 3 aliphatic heterocycles. The maximum Gasteiger partial charge on any atom is 0.295 e. The lowest BCUT2D eigenvalue weighted by atomic mass is 10.0. The van der Waals surface area contributed by atoms with Crippen molar-refractivity contribution in [3.05, 3.63) is 42.0 Å². The molecule has 0 spiro atoms. The molecule has 9 heteroatoms. The number of fused-ring (bicyclic) bond motifs is 2. The molecule has 4 atom stereocenters. The Morgan fingerprint density at radius 1 is 1.10 bits per heavy atom. The van der Waals surface area contributed by atoms with E-state index in [1.807, 2.05) is 12.1 Å². The molecule has 3 aliphatic rings. The average molecular weight is 429 g/mol. The van der Waals surface area contributed by atoms with Crippen molar-refractivity contribution in [3.63, 3.8) is 0 Å². The molecule has 31 heavy (non-hydrogen) atoms. The highest BCUT2D eigenvalue weighted by atomic mass is 19.1. The minimum atomic E-state index is -0.745. The van der Waals surface area contributed by atoms with Gasteiger partial charge >= 0.3 is 0 Å². The largest absolute Gasteiger partial charge is 0.456 e. The molecule has 0 unspecified atom stereocenters. The highest BCUT2D eigenvalue weighted by molar-refractivity contribution is 5.84. The fraction of sp³-hybridized carbons (Fsp3) is 0.409. The summed E-state index contributed by atoms with van der Waals surface area (Å²) in [6.45, 7) is 2.40. The lowest BCUT2D eigenvalue weighted by Crippen LogP contribution is -2.36. The van der Waals surface area contributed by atoms with Crippen LogP contribution in [0.15, 0.2) is 30.3 Å². The van der Waals surface area contributed by atoms with Crippen LogP contribution in [0.25, 0.3) is 22.2 Å². The van der Waals surface area contributed by atoms with Crippen LogP contribution in [0.4, 0.5) is 14.5 Å². The Labute approximate surface area is 176 Å². The summed E-state index contributed by atoms with van der Waals surface area (Å²) in [7, 11) is 0. The second kappa shape index (κ2) is 7.15. The molecule has 6 rings (SSSR count). The third-order valence-electron chi connectivity index (χ3n) is 6.27. The van der Waals surface area contributed by atoms with Crippen LogP contribution in [0.3, 0.4) is 0 Å². The predicted molar refractivity (Wildman–Crippen MR) is 108 cm³/mol. The van der Waals surface area contributed by atoms with Crippen molar-refractivity contribution in [2.24, 2.45) is 0 Å². The second-order valence-corrected chi connectivity index (χ2v) is 8.19. The number of hydrogen-bond acceptors (Lipinski definition) is 6. The summed E-state index contributed by atoms with van der Waals surface area (Å²) in [5.74, 6) is -1.42. The molecule has 0 aliphatic carbocycles. The maximum absolute atomic E-state index is 15.3. The summed E-state index contributed by atoms with van der Waals surface area (Å²) in [4.78, 5) is 9.23. The summed E-state index contributed by atoms with van der Waals surface area (Å²) < 4.78 is 47.0. The Hall–Kier alpha value is -2.75. The van der Waals surface area contributed by atoms with Crippen molar-refractivity contribution >= 4 is 16.7 Å². The number of imidazole rings is 1. The first-order valence-electron chi connectivity index (χ1n) is 10.4. The lowest BCUT2D eigenvalue weighted by molar-refractivity contribution is 0.00706. The number of aromatic amines is 1. The first-order chi connectivity index (χ1) is 15.1. The molecule has 162 valence electrons. The van der Waals surface area contributed by atoms with E-state index in [-0.39, 0.29) is 35.8 Å². The zero-order chi connectivity index (χ0) is 21.1. The van der Waals surface area contributed by atoms with E-state index in [4.69, 9.17) is 14.2 Å². The molecule has 1 aromatic heterocycles. The van der Waals surface area contributed by atoms with Gasteiger partial charge in [0.1, 0.15) is 29.6 Å². The van der Waals surface area contributed by atoms with Crippen LogP contribution < -0.4 is 9.64 Å². The minimum Gasteiger partial charge on any atom is -0.456 e. The van der Waals surface area contributed by atoms with Gasteiger partial charge in [0.05, 0.1) is 24.3 Å². The maximum atomic E-state index is 15.3. The molecular weight excluding hydrogens is 408 g/mol. The monoisotopic (exact) mass is 429 g/mol. The molecule has 3 aromatic rings. The van der Waals surface area contributed by atoms with Crippen molar-refractivity contribution < 1.29 is 28.1 Å². The fourth-order valence-electron chi connectivity index (χ4n) is 4.48. The Morgan fingerprint density at radius 3 is 2.61 bits per heavy atom. The first-order valence-corrected chi connectivity index (χ1v) is 10.4. The van der Waals surface area contributed by atoms with Crippen molar-refractivity contribution in [1.29, 1.82) is 0 Å². The number of H-pyrrole nitrogens is 1. The average Bonchev–Trinajstić information content (AvgIpc) is 3.40. The SMILES string of the molecule is O[C@@H]1CO[C@H]2[C@@H]1OC[C@H]2Oc1nc2c(F)c(-c3ccc(N4CCC4)cc3)c(F)cc2[nH]1. The number of halogens is 2. The molecule has 4 heterocycles. The van der Waals surface area contributed by atoms with Crippen LogP contribution in [-0.2, 0) is 9.47 Å². The van der Waals surface area contributed by atoms with Gasteiger partial charge in [-0.2, -0.15) is 4.98 Å². The number of aromatic nitrogens is 2. The molecule has 3 saturated heterocycles. The van der Waals surface area contributed by atoms with E-state index in [9.17, 15) is 9.50 Å². The zero-order valence-corrected chi connectivity index (χ0v) is 16.6. The second-order valence-electron chi connectivity index (χ2n) is 8.19. The normalized spacial score (nSPS) is 27.5. The highest BCUT2D eigenvalue weighted by Crippen LogP contribution is 2.35. The van der Waals surface area contributed by atoms with Gasteiger partial charge in [0.2, 0.25) is 0 Å². The summed E-state index contributed by atoms with van der Waals surface area (Å²) >= 11 is 0. The number of anilines is 1. The summed E-state index contributed by atoms with van der Waals surface area (Å²) in [6, 6.07) is 8.48. The zero-order valence-electron chi connectivity index (χ0n) is 16.6. The number of aliphatic hydroxyl groups excluding tert-OH is 1. The Balaban J connectivity index is 1.29. The Kier molecular flexibility index (Phi) is 4.38. The Morgan fingerprint density at radius 2 is 1.87 bits per heavy atom. The molecule has 2 N–H and O–H groups in total. The van der Waals surface area contributed by atoms with Crippen molar-refractivity contribution in [2.75, 3.05) is 31.2 Å². The van der Waals surface area contributed by atoms with Gasteiger partial charge in [-0.15, -0.1) is 0 Å². The molecule has 0 saturated carbocycles.